The van der Waals surface area contributed by atoms with Crippen molar-refractivity contribution in [2.75, 3.05) is 33.0 Å². The minimum atomic E-state index is -3.74. The van der Waals surface area contributed by atoms with Gasteiger partial charge in [0.05, 0.1) is 89.9 Å². The van der Waals surface area contributed by atoms with Crippen LogP contribution in [0.2, 0.25) is 0 Å². The Labute approximate surface area is 607 Å². The zero-order chi connectivity index (χ0) is 68.9. The Hall–Kier alpha value is -2.64. The number of aliphatic hydroxyl groups is 1. The van der Waals surface area contributed by atoms with Gasteiger partial charge in [-0.3, -0.25) is 37.7 Å². The number of hydrogen-bond acceptors (Lipinski definition) is 23. The summed E-state index contributed by atoms with van der Waals surface area (Å²) in [5.41, 5.74) is 2.00. The summed E-state index contributed by atoms with van der Waals surface area (Å²) in [6, 6.07) is 13.0. The van der Waals surface area contributed by atoms with Crippen LogP contribution in [-0.2, 0) is 107 Å². The van der Waals surface area contributed by atoms with Crippen molar-refractivity contribution < 1.29 is 148 Å². The van der Waals surface area contributed by atoms with Crippen molar-refractivity contribution in [1.29, 1.82) is 0 Å². The third kappa shape index (κ3) is 38.9. The SMILES string of the molecule is CC(=O)[S-].CCOC(=O)C1CCC(=O)CC1.CCOC(=O)C1CCC(O)CC1.CCOC(=O)C1CCC(OS(=O)(=O)c2ccc(C)cc2)CC1.CCOC(=O)C1CCC(S(=O)(=O)Cl)CC1.CCOC(=O)C1CCC(SC(C)=O)CC1.Cc1ccc(S(=O)(=O)Cl)cc1.[K+]. The fourth-order valence-electron chi connectivity index (χ4n) is 10.1. The van der Waals surface area contributed by atoms with Crippen LogP contribution >= 0.6 is 33.1 Å². The molecule has 5 saturated carbocycles. The van der Waals surface area contributed by atoms with E-state index in [-0.39, 0.29) is 149 Å². The molecule has 0 saturated heterocycles. The van der Waals surface area contributed by atoms with Crippen molar-refractivity contribution >= 4 is 120 Å². The number of rotatable bonds is 16. The van der Waals surface area contributed by atoms with Crippen molar-refractivity contribution in [2.24, 2.45) is 29.6 Å². The number of aryl methyl sites for hydroxylation is 2. The van der Waals surface area contributed by atoms with Gasteiger partial charge in [-0.25, -0.2) is 16.8 Å². The first kappa shape index (κ1) is 89.4. The monoisotopic (exact) mass is 1460 g/mol. The Balaban J connectivity index is 0.00000108. The second-order valence-electron chi connectivity index (χ2n) is 22.2. The van der Waals surface area contributed by atoms with Gasteiger partial charge in [0.1, 0.15) is 5.78 Å². The van der Waals surface area contributed by atoms with E-state index in [1.165, 1.54) is 30.8 Å². The average Bonchev–Trinajstić information content (AvgIpc) is 0.883. The number of aliphatic hydroxyl groups excluding tert-OH is 1. The van der Waals surface area contributed by atoms with Gasteiger partial charge >= 0.3 is 81.2 Å². The van der Waals surface area contributed by atoms with Gasteiger partial charge in [0.2, 0.25) is 9.05 Å². The predicted molar refractivity (Wildman–Crippen MR) is 350 cm³/mol. The molecule has 2 aromatic carbocycles. The summed E-state index contributed by atoms with van der Waals surface area (Å²) in [7, 11) is -0.416. The maximum atomic E-state index is 12.2. The van der Waals surface area contributed by atoms with Crippen molar-refractivity contribution in [3.63, 3.8) is 0 Å². The summed E-state index contributed by atoms with van der Waals surface area (Å²) in [5, 5.41) is 9.03. The van der Waals surface area contributed by atoms with Crippen molar-refractivity contribution in [2.45, 2.75) is 223 Å². The molecule has 5 fully saturated rings. The van der Waals surface area contributed by atoms with E-state index in [1.807, 2.05) is 27.7 Å². The van der Waals surface area contributed by atoms with Crippen LogP contribution in [0.4, 0.5) is 0 Å². The van der Waals surface area contributed by atoms with Crippen LogP contribution in [0.1, 0.15) is 188 Å². The molecule has 5 aliphatic carbocycles. The van der Waals surface area contributed by atoms with E-state index >= 15 is 0 Å². The molecule has 21 nitrogen and oxygen atoms in total. The van der Waals surface area contributed by atoms with Gasteiger partial charge in [0, 0.05) is 51.5 Å². The number of ketones is 1. The van der Waals surface area contributed by atoms with Gasteiger partial charge in [-0.2, -0.15) is 8.42 Å². The van der Waals surface area contributed by atoms with E-state index in [0.717, 1.165) is 62.5 Å². The Morgan fingerprint density at radius 3 is 1.09 bits per heavy atom. The minimum absolute atomic E-state index is 0. The van der Waals surface area contributed by atoms with Crippen molar-refractivity contribution in [3.05, 3.63) is 59.7 Å². The number of ether oxygens (including phenoxy) is 5. The fraction of sp³-hybridized carbons (Fsp3) is 0.683. The largest absolute Gasteiger partial charge is 1.00 e. The van der Waals surface area contributed by atoms with E-state index in [1.54, 1.807) is 64.1 Å². The molecule has 0 bridgehead atoms. The van der Waals surface area contributed by atoms with Crippen molar-refractivity contribution in [3.8, 4) is 0 Å². The maximum absolute atomic E-state index is 12.2. The number of benzene rings is 2. The molecule has 0 atom stereocenters. The number of Topliss-reactive ketones (excluding diaryl/α,β-unsaturated/α-hetero) is 1. The first-order valence-electron chi connectivity index (χ1n) is 31.0. The Morgan fingerprint density at radius 1 is 0.489 bits per heavy atom. The molecule has 0 unspecified atom stereocenters. The summed E-state index contributed by atoms with van der Waals surface area (Å²) < 4.78 is 97.9. The molecule has 29 heteroatoms. The molecule has 0 radical (unpaired) electrons. The molecule has 0 aromatic heterocycles. The Morgan fingerprint density at radius 2 is 0.783 bits per heavy atom. The number of carbonyl (C=O) groups is 8. The molecule has 1 N–H and O–H groups in total. The van der Waals surface area contributed by atoms with Crippen LogP contribution in [0, 0.1) is 43.4 Å². The average molecular weight is 1460 g/mol. The first-order valence-corrected chi connectivity index (χ1v) is 38.4. The van der Waals surface area contributed by atoms with Crippen LogP contribution in [0.15, 0.2) is 58.3 Å². The van der Waals surface area contributed by atoms with E-state index in [9.17, 15) is 68.7 Å². The molecule has 92 heavy (non-hydrogen) atoms. The van der Waals surface area contributed by atoms with Crippen LogP contribution in [0.3, 0.4) is 0 Å². The number of halogens is 2. The Bertz CT molecular complexity index is 2870. The first-order chi connectivity index (χ1) is 42.7. The second-order valence-corrected chi connectivity index (χ2v) is 31.3. The number of carbonyl (C=O) groups excluding carboxylic acids is 8. The minimum Gasteiger partial charge on any atom is -0.742 e. The summed E-state index contributed by atoms with van der Waals surface area (Å²) in [6.45, 7) is 17.8. The molecular weight excluding hydrogens is 1360 g/mol. The van der Waals surface area contributed by atoms with Crippen LogP contribution in [0.5, 0.6) is 0 Å². The van der Waals surface area contributed by atoms with E-state index < -0.39 is 33.5 Å². The summed E-state index contributed by atoms with van der Waals surface area (Å²) >= 11 is 5.39. The quantitative estimate of drug-likeness (QED) is 0.0412. The van der Waals surface area contributed by atoms with Gasteiger partial charge < -0.3 is 46.2 Å². The Kier molecular flexibility index (Phi) is 46.7. The van der Waals surface area contributed by atoms with Gasteiger partial charge in [-0.1, -0.05) is 47.2 Å². The zero-order valence-corrected chi connectivity index (χ0v) is 63.6. The van der Waals surface area contributed by atoms with Crippen LogP contribution in [-0.4, -0.2) is 132 Å². The topological polar surface area (TPSA) is 315 Å². The number of esters is 5. The molecule has 2 aromatic rings. The smallest absolute Gasteiger partial charge is 0.742 e. The van der Waals surface area contributed by atoms with E-state index in [2.05, 4.69) is 12.6 Å². The third-order valence-electron chi connectivity index (χ3n) is 15.0. The number of hydrogen-bond donors (Lipinski definition) is 1. The predicted octanol–water partition coefficient (Wildman–Crippen LogP) is 8.30. The van der Waals surface area contributed by atoms with Crippen molar-refractivity contribution in [1.82, 2.24) is 0 Å². The third-order valence-corrected chi connectivity index (χ3v) is 20.9. The van der Waals surface area contributed by atoms with E-state index in [4.69, 9.17) is 49.2 Å². The molecule has 0 aliphatic heterocycles. The second kappa shape index (κ2) is 48.1. The van der Waals surface area contributed by atoms with Gasteiger partial charge in [0.25, 0.3) is 19.2 Å². The summed E-state index contributed by atoms with van der Waals surface area (Å²) in [4.78, 5) is 88.1. The molecular formula is C63H95Cl2KO21S5. The standard InChI is InChI=1S/C16H22O5S.C11H18O3S.C9H15ClO4S.C9H16O3.C9H14O3.C7H7ClO2S.C2H4OS.K/c1-3-20-16(17)13-6-8-14(9-7-13)21-22(18,19)15-10-4-12(2)5-11-15;1-3-14-11(13)9-4-6-10(7-5-9)15-8(2)12;1-2-14-9(11)7-3-5-8(6-4-7)15(10,12)13;2*1-2-12-9(11)7-3-5-8(10)6-4-7;1-6-2-4-7(5-3-6)11(8,9)10;1-2(3)4;/h4-5,10-11,13-14H,3,6-9H2,1-2H3;9-10H,3-7H2,1-2H3;7-8H,2-6H2,1H3;7-8,10H,2-6H2,1H3;7H,2-6H2,1H3;2-5H,1H3;1H3,(H,3,4);/q;;;;;;;+1/p-1. The normalized spacial score (nSPS) is 22.1. The molecule has 518 valence electrons. The molecule has 0 amide bonds. The molecule has 5 aliphatic rings. The van der Waals surface area contributed by atoms with Gasteiger partial charge in [0.15, 0.2) is 5.12 Å². The summed E-state index contributed by atoms with van der Waals surface area (Å²) in [5.74, 6) is -0.648. The van der Waals surface area contributed by atoms with Gasteiger partial charge in [-0.15, -0.1) is 0 Å². The number of thioether (sulfide) groups is 1. The van der Waals surface area contributed by atoms with Gasteiger partial charge in [-0.05, 0) is 195 Å². The molecule has 0 heterocycles. The van der Waals surface area contributed by atoms with E-state index in [0.29, 0.717) is 115 Å². The molecule has 0 spiro atoms. The zero-order valence-electron chi connectivity index (χ0n) is 54.9. The summed E-state index contributed by atoms with van der Waals surface area (Å²) in [6.07, 6.45) is 12.9. The fourth-order valence-corrected chi connectivity index (χ4v) is 14.3. The van der Waals surface area contributed by atoms with Crippen LogP contribution in [0.25, 0.3) is 0 Å². The van der Waals surface area contributed by atoms with Crippen LogP contribution < -0.4 is 51.4 Å². The maximum Gasteiger partial charge on any atom is 1.00 e. The molecule has 7 rings (SSSR count).